The van der Waals surface area contributed by atoms with E-state index in [1.54, 1.807) is 6.92 Å². The second-order valence-electron chi connectivity index (χ2n) is 2.01. The first-order chi connectivity index (χ1) is 5.02. The van der Waals surface area contributed by atoms with Gasteiger partial charge in [0, 0.05) is 13.0 Å². The SMILES string of the molecule is CC(=O)O[C@@H](C)/C=C\C(=O)O. The highest BCUT2D eigenvalue weighted by Gasteiger charge is 1.99. The van der Waals surface area contributed by atoms with Crippen LogP contribution in [0.25, 0.3) is 0 Å². The maximum atomic E-state index is 10.3. The predicted molar refractivity (Wildman–Crippen MR) is 38.0 cm³/mol. The fourth-order valence-corrected chi connectivity index (χ4v) is 0.519. The number of carbonyl (C=O) groups is 2. The van der Waals surface area contributed by atoms with E-state index in [1.807, 2.05) is 0 Å². The number of rotatable bonds is 3. The van der Waals surface area contributed by atoms with Crippen LogP contribution in [0.3, 0.4) is 0 Å². The minimum absolute atomic E-state index is 0.424. The Morgan fingerprint density at radius 3 is 2.45 bits per heavy atom. The Balaban J connectivity index is 3.77. The summed E-state index contributed by atoms with van der Waals surface area (Å²) in [6.07, 6.45) is 1.75. The lowest BCUT2D eigenvalue weighted by Crippen LogP contribution is -2.09. The van der Waals surface area contributed by atoms with Crippen LogP contribution in [-0.2, 0) is 14.3 Å². The quantitative estimate of drug-likeness (QED) is 0.482. The third kappa shape index (κ3) is 6.57. The van der Waals surface area contributed by atoms with Crippen LogP contribution in [0.15, 0.2) is 12.2 Å². The maximum absolute atomic E-state index is 10.3. The lowest BCUT2D eigenvalue weighted by molar-refractivity contribution is -0.143. The molecule has 0 aromatic rings. The summed E-state index contributed by atoms with van der Waals surface area (Å²) in [5.74, 6) is -1.48. The van der Waals surface area contributed by atoms with Crippen molar-refractivity contribution in [3.8, 4) is 0 Å². The third-order valence-corrected chi connectivity index (χ3v) is 0.862. The molecule has 0 amide bonds. The van der Waals surface area contributed by atoms with Gasteiger partial charge < -0.3 is 9.84 Å². The Morgan fingerprint density at radius 1 is 1.55 bits per heavy atom. The van der Waals surface area contributed by atoms with Crippen LogP contribution < -0.4 is 0 Å². The molecule has 0 saturated heterocycles. The van der Waals surface area contributed by atoms with Crippen molar-refractivity contribution in [3.05, 3.63) is 12.2 Å². The molecule has 1 N–H and O–H groups in total. The molecule has 0 rings (SSSR count). The highest BCUT2D eigenvalue weighted by Crippen LogP contribution is 1.92. The average molecular weight is 158 g/mol. The molecular weight excluding hydrogens is 148 g/mol. The average Bonchev–Trinajstić information content (AvgIpc) is 1.82. The molecule has 0 spiro atoms. The monoisotopic (exact) mass is 158 g/mol. The number of hydrogen-bond acceptors (Lipinski definition) is 3. The van der Waals surface area contributed by atoms with E-state index in [4.69, 9.17) is 5.11 Å². The molecule has 0 fully saturated rings. The molecule has 4 heteroatoms. The maximum Gasteiger partial charge on any atom is 0.328 e. The van der Waals surface area contributed by atoms with E-state index in [0.29, 0.717) is 0 Å². The molecule has 0 aromatic heterocycles. The second-order valence-corrected chi connectivity index (χ2v) is 2.01. The highest BCUT2D eigenvalue weighted by molar-refractivity contribution is 5.79. The Hall–Kier alpha value is -1.32. The van der Waals surface area contributed by atoms with E-state index in [1.165, 1.54) is 13.0 Å². The summed E-state index contributed by atoms with van der Waals surface area (Å²) in [5, 5.41) is 8.17. The number of carboxylic acid groups (broad SMARTS) is 1. The number of aliphatic carboxylic acids is 1. The van der Waals surface area contributed by atoms with Crippen molar-refractivity contribution in [2.45, 2.75) is 20.0 Å². The fraction of sp³-hybridized carbons (Fsp3) is 0.429. The van der Waals surface area contributed by atoms with Crippen LogP contribution >= 0.6 is 0 Å². The summed E-state index contributed by atoms with van der Waals surface area (Å²) in [5.41, 5.74) is 0. The van der Waals surface area contributed by atoms with Gasteiger partial charge in [-0.3, -0.25) is 4.79 Å². The Kier molecular flexibility index (Phi) is 3.95. The largest absolute Gasteiger partial charge is 0.478 e. The third-order valence-electron chi connectivity index (χ3n) is 0.862. The van der Waals surface area contributed by atoms with Gasteiger partial charge in [0.15, 0.2) is 0 Å². The van der Waals surface area contributed by atoms with E-state index in [0.717, 1.165) is 6.08 Å². The van der Waals surface area contributed by atoms with Gasteiger partial charge in [0.1, 0.15) is 6.10 Å². The summed E-state index contributed by atoms with van der Waals surface area (Å²) >= 11 is 0. The molecule has 0 aromatic carbocycles. The van der Waals surface area contributed by atoms with Gasteiger partial charge in [-0.15, -0.1) is 0 Å². The van der Waals surface area contributed by atoms with E-state index >= 15 is 0 Å². The standard InChI is InChI=1S/C7H10O4/c1-5(11-6(2)8)3-4-7(9)10/h3-5H,1-2H3,(H,9,10)/b4-3-/t5-/m0/s1. The minimum atomic E-state index is -1.05. The molecule has 0 unspecified atom stereocenters. The predicted octanol–water partition coefficient (Wildman–Crippen LogP) is 0.579. The minimum Gasteiger partial charge on any atom is -0.478 e. The van der Waals surface area contributed by atoms with Gasteiger partial charge in [-0.1, -0.05) is 0 Å². The summed E-state index contributed by atoms with van der Waals surface area (Å²) in [6, 6.07) is 0. The topological polar surface area (TPSA) is 63.6 Å². The summed E-state index contributed by atoms with van der Waals surface area (Å²) < 4.78 is 4.61. The van der Waals surface area contributed by atoms with Crippen molar-refractivity contribution >= 4 is 11.9 Å². The first-order valence-corrected chi connectivity index (χ1v) is 3.10. The second kappa shape index (κ2) is 4.49. The van der Waals surface area contributed by atoms with Gasteiger partial charge in [-0.25, -0.2) is 4.79 Å². The van der Waals surface area contributed by atoms with E-state index in [-0.39, 0.29) is 0 Å². The highest BCUT2D eigenvalue weighted by atomic mass is 16.5. The van der Waals surface area contributed by atoms with Crippen LogP contribution in [0.4, 0.5) is 0 Å². The van der Waals surface area contributed by atoms with Gasteiger partial charge >= 0.3 is 11.9 Å². The summed E-state index contributed by atoms with van der Waals surface area (Å²) in [4.78, 5) is 20.3. The summed E-state index contributed by atoms with van der Waals surface area (Å²) in [6.45, 7) is 2.85. The van der Waals surface area contributed by atoms with E-state index < -0.39 is 18.0 Å². The van der Waals surface area contributed by atoms with Crippen LogP contribution in [0.5, 0.6) is 0 Å². The van der Waals surface area contributed by atoms with E-state index in [9.17, 15) is 9.59 Å². The van der Waals surface area contributed by atoms with Crippen molar-refractivity contribution in [3.63, 3.8) is 0 Å². The van der Waals surface area contributed by atoms with Crippen LogP contribution in [0.1, 0.15) is 13.8 Å². The Labute approximate surface area is 64.5 Å². The first kappa shape index (κ1) is 9.68. The van der Waals surface area contributed by atoms with Crippen molar-refractivity contribution in [1.82, 2.24) is 0 Å². The molecule has 0 aliphatic heterocycles. The zero-order valence-electron chi connectivity index (χ0n) is 6.40. The lowest BCUT2D eigenvalue weighted by Gasteiger charge is -2.04. The number of esters is 1. The Bertz CT molecular complexity index is 183. The molecule has 4 nitrogen and oxygen atoms in total. The smallest absolute Gasteiger partial charge is 0.328 e. The van der Waals surface area contributed by atoms with Gasteiger partial charge in [0.05, 0.1) is 0 Å². The molecular formula is C7H10O4. The van der Waals surface area contributed by atoms with E-state index in [2.05, 4.69) is 4.74 Å². The van der Waals surface area contributed by atoms with Crippen molar-refractivity contribution in [2.24, 2.45) is 0 Å². The molecule has 0 bridgehead atoms. The van der Waals surface area contributed by atoms with Crippen molar-refractivity contribution in [1.29, 1.82) is 0 Å². The molecule has 0 aliphatic rings. The van der Waals surface area contributed by atoms with Crippen molar-refractivity contribution < 1.29 is 19.4 Å². The molecule has 0 aliphatic carbocycles. The van der Waals surface area contributed by atoms with Gasteiger partial charge in [-0.05, 0) is 13.0 Å². The summed E-state index contributed by atoms with van der Waals surface area (Å²) in [7, 11) is 0. The fourth-order valence-electron chi connectivity index (χ4n) is 0.519. The molecule has 0 saturated carbocycles. The molecule has 11 heavy (non-hydrogen) atoms. The lowest BCUT2D eigenvalue weighted by atomic mass is 10.3. The number of ether oxygens (including phenoxy) is 1. The van der Waals surface area contributed by atoms with Crippen LogP contribution in [0, 0.1) is 0 Å². The molecule has 0 radical (unpaired) electrons. The van der Waals surface area contributed by atoms with Gasteiger partial charge in [0.2, 0.25) is 0 Å². The van der Waals surface area contributed by atoms with Crippen LogP contribution in [-0.4, -0.2) is 23.1 Å². The molecule has 1 atom stereocenters. The molecule has 0 heterocycles. The Morgan fingerprint density at radius 2 is 2.09 bits per heavy atom. The zero-order chi connectivity index (χ0) is 8.85. The number of carbonyl (C=O) groups excluding carboxylic acids is 1. The first-order valence-electron chi connectivity index (χ1n) is 3.10. The van der Waals surface area contributed by atoms with Gasteiger partial charge in [-0.2, -0.15) is 0 Å². The van der Waals surface area contributed by atoms with Gasteiger partial charge in [0.25, 0.3) is 0 Å². The number of carboxylic acids is 1. The van der Waals surface area contributed by atoms with Crippen molar-refractivity contribution in [2.75, 3.05) is 0 Å². The van der Waals surface area contributed by atoms with Crippen LogP contribution in [0.2, 0.25) is 0 Å². The number of hydrogen-bond donors (Lipinski definition) is 1. The molecule has 62 valence electrons. The normalized spacial score (nSPS) is 12.9. The zero-order valence-corrected chi connectivity index (χ0v) is 6.40.